The van der Waals surface area contributed by atoms with Crippen LogP contribution < -0.4 is 0 Å². The summed E-state index contributed by atoms with van der Waals surface area (Å²) in [5.74, 6) is 0. The third kappa shape index (κ3) is 2.73. The summed E-state index contributed by atoms with van der Waals surface area (Å²) in [5, 5.41) is 0. The van der Waals surface area contributed by atoms with Crippen molar-refractivity contribution in [3.8, 4) is 11.1 Å². The maximum absolute atomic E-state index is 12.4. The molecule has 0 unspecified atom stereocenters. The quantitative estimate of drug-likeness (QED) is 0.720. The van der Waals surface area contributed by atoms with Crippen molar-refractivity contribution in [2.45, 2.75) is 12.6 Å². The molecule has 1 radical (unpaired) electrons. The highest BCUT2D eigenvalue weighted by Gasteiger charge is 2.29. The van der Waals surface area contributed by atoms with Gasteiger partial charge in [0, 0.05) is 0 Å². The Morgan fingerprint density at radius 2 is 1.22 bits per heavy atom. The molecule has 0 aromatic heterocycles. The summed E-state index contributed by atoms with van der Waals surface area (Å²) in [7, 11) is 0. The molecule has 18 heavy (non-hydrogen) atoms. The van der Waals surface area contributed by atoms with Crippen molar-refractivity contribution in [3.05, 3.63) is 66.6 Å². The highest BCUT2D eigenvalue weighted by atomic mass is 19.4. The van der Waals surface area contributed by atoms with E-state index in [0.29, 0.717) is 6.42 Å². The lowest BCUT2D eigenvalue weighted by Gasteiger charge is -2.08. The van der Waals surface area contributed by atoms with Gasteiger partial charge in [0.1, 0.15) is 0 Å². The van der Waals surface area contributed by atoms with Gasteiger partial charge >= 0.3 is 6.18 Å². The number of hydrogen-bond donors (Lipinski definition) is 0. The van der Waals surface area contributed by atoms with Gasteiger partial charge < -0.3 is 0 Å². The zero-order valence-electron chi connectivity index (χ0n) is 9.67. The van der Waals surface area contributed by atoms with Crippen LogP contribution in [0.5, 0.6) is 0 Å². The zero-order valence-corrected chi connectivity index (χ0v) is 9.67. The van der Waals surface area contributed by atoms with E-state index in [4.69, 9.17) is 0 Å². The van der Waals surface area contributed by atoms with Crippen molar-refractivity contribution >= 4 is 0 Å². The minimum atomic E-state index is -4.28. The molecule has 0 aliphatic rings. The molecule has 93 valence electrons. The SMILES string of the molecule is [CH2]Cc1ccc(-c2ccc(C(F)(F)F)cc2)cc1. The summed E-state index contributed by atoms with van der Waals surface area (Å²) in [5.41, 5.74) is 2.16. The van der Waals surface area contributed by atoms with Gasteiger partial charge in [-0.1, -0.05) is 36.4 Å². The molecule has 0 saturated carbocycles. The summed E-state index contributed by atoms with van der Waals surface area (Å²) in [6.45, 7) is 3.77. The molecular formula is C15H12F3. The van der Waals surface area contributed by atoms with Crippen LogP contribution in [0, 0.1) is 6.92 Å². The highest BCUT2D eigenvalue weighted by molar-refractivity contribution is 5.64. The Kier molecular flexibility index (Phi) is 3.41. The van der Waals surface area contributed by atoms with Gasteiger partial charge in [-0.2, -0.15) is 13.2 Å². The Labute approximate surface area is 104 Å². The van der Waals surface area contributed by atoms with Gasteiger partial charge in [-0.3, -0.25) is 0 Å². The van der Waals surface area contributed by atoms with Crippen LogP contribution in [0.2, 0.25) is 0 Å². The summed E-state index contributed by atoms with van der Waals surface area (Å²) in [6.07, 6.45) is -3.58. The Morgan fingerprint density at radius 3 is 1.61 bits per heavy atom. The minimum Gasteiger partial charge on any atom is -0.166 e. The topological polar surface area (TPSA) is 0 Å². The van der Waals surface area contributed by atoms with E-state index >= 15 is 0 Å². The lowest BCUT2D eigenvalue weighted by atomic mass is 10.0. The lowest BCUT2D eigenvalue weighted by Crippen LogP contribution is -2.03. The molecule has 2 aromatic carbocycles. The largest absolute Gasteiger partial charge is 0.416 e. The molecule has 3 heteroatoms. The first kappa shape index (κ1) is 12.7. The van der Waals surface area contributed by atoms with Gasteiger partial charge in [-0.25, -0.2) is 0 Å². The fourth-order valence-corrected chi connectivity index (χ4v) is 1.72. The van der Waals surface area contributed by atoms with Crippen LogP contribution in [0.15, 0.2) is 48.5 Å². The van der Waals surface area contributed by atoms with Crippen LogP contribution in [0.3, 0.4) is 0 Å². The Balaban J connectivity index is 2.28. The van der Waals surface area contributed by atoms with Crippen LogP contribution in [-0.2, 0) is 12.6 Å². The van der Waals surface area contributed by atoms with Crippen LogP contribution in [-0.4, -0.2) is 0 Å². The molecule has 0 atom stereocenters. The van der Waals surface area contributed by atoms with E-state index < -0.39 is 11.7 Å². The van der Waals surface area contributed by atoms with Gasteiger partial charge in [-0.15, -0.1) is 0 Å². The van der Waals surface area contributed by atoms with Crippen LogP contribution in [0.4, 0.5) is 13.2 Å². The number of rotatable bonds is 2. The average molecular weight is 249 g/mol. The summed E-state index contributed by atoms with van der Waals surface area (Å²) < 4.78 is 37.2. The first-order valence-corrected chi connectivity index (χ1v) is 5.56. The molecular weight excluding hydrogens is 237 g/mol. The van der Waals surface area contributed by atoms with Crippen molar-refractivity contribution < 1.29 is 13.2 Å². The minimum absolute atomic E-state index is 0.624. The third-order valence-electron chi connectivity index (χ3n) is 2.79. The molecule has 0 fully saturated rings. The van der Waals surface area contributed by atoms with Crippen molar-refractivity contribution in [1.29, 1.82) is 0 Å². The molecule has 0 N–H and O–H groups in total. The van der Waals surface area contributed by atoms with Crippen molar-refractivity contribution in [3.63, 3.8) is 0 Å². The van der Waals surface area contributed by atoms with E-state index in [0.717, 1.165) is 28.8 Å². The number of benzene rings is 2. The van der Waals surface area contributed by atoms with Gasteiger partial charge in [0.15, 0.2) is 0 Å². The molecule has 0 heterocycles. The second-order valence-electron chi connectivity index (χ2n) is 4.02. The monoisotopic (exact) mass is 249 g/mol. The highest BCUT2D eigenvalue weighted by Crippen LogP contribution is 2.30. The van der Waals surface area contributed by atoms with Crippen LogP contribution in [0.1, 0.15) is 11.1 Å². The normalized spacial score (nSPS) is 11.6. The van der Waals surface area contributed by atoms with Crippen molar-refractivity contribution in [2.24, 2.45) is 0 Å². The Hall–Kier alpha value is -1.77. The molecule has 2 aromatic rings. The molecule has 0 bridgehead atoms. The fourth-order valence-electron chi connectivity index (χ4n) is 1.72. The molecule has 0 aliphatic heterocycles. The molecule has 0 spiro atoms. The molecule has 0 amide bonds. The smallest absolute Gasteiger partial charge is 0.166 e. The van der Waals surface area contributed by atoms with E-state index in [1.54, 1.807) is 0 Å². The second-order valence-corrected chi connectivity index (χ2v) is 4.02. The third-order valence-corrected chi connectivity index (χ3v) is 2.79. The van der Waals surface area contributed by atoms with E-state index in [1.807, 2.05) is 24.3 Å². The Bertz CT molecular complexity index is 507. The van der Waals surface area contributed by atoms with Crippen LogP contribution in [0.25, 0.3) is 11.1 Å². The molecule has 0 saturated heterocycles. The van der Waals surface area contributed by atoms with E-state index in [1.165, 1.54) is 12.1 Å². The van der Waals surface area contributed by atoms with Crippen LogP contribution >= 0.6 is 0 Å². The first-order valence-electron chi connectivity index (χ1n) is 5.56. The molecule has 2 rings (SSSR count). The Morgan fingerprint density at radius 1 is 0.778 bits per heavy atom. The maximum atomic E-state index is 12.4. The number of halogens is 3. The van der Waals surface area contributed by atoms with E-state index in [-0.39, 0.29) is 0 Å². The van der Waals surface area contributed by atoms with E-state index in [2.05, 4.69) is 6.92 Å². The van der Waals surface area contributed by atoms with E-state index in [9.17, 15) is 13.2 Å². The predicted octanol–water partition coefficient (Wildman–Crippen LogP) is 4.75. The second kappa shape index (κ2) is 4.84. The van der Waals surface area contributed by atoms with Gasteiger partial charge in [0.25, 0.3) is 0 Å². The maximum Gasteiger partial charge on any atom is 0.416 e. The summed E-state index contributed by atoms with van der Waals surface area (Å²) in [4.78, 5) is 0. The molecule has 0 aliphatic carbocycles. The summed E-state index contributed by atoms with van der Waals surface area (Å²) >= 11 is 0. The van der Waals surface area contributed by atoms with Gasteiger partial charge in [0.2, 0.25) is 0 Å². The predicted molar refractivity (Wildman–Crippen MR) is 65.9 cm³/mol. The fraction of sp³-hybridized carbons (Fsp3) is 0.133. The number of hydrogen-bond acceptors (Lipinski definition) is 0. The van der Waals surface area contributed by atoms with Crippen molar-refractivity contribution in [2.75, 3.05) is 0 Å². The van der Waals surface area contributed by atoms with Crippen molar-refractivity contribution in [1.82, 2.24) is 0 Å². The standard InChI is InChI=1S/C15H12F3/c1-2-11-3-5-12(6-4-11)13-7-9-14(10-8-13)15(16,17)18/h3-10H,1-2H2. The average Bonchev–Trinajstić information content (AvgIpc) is 2.38. The molecule has 0 nitrogen and oxygen atoms in total. The van der Waals surface area contributed by atoms with Gasteiger partial charge in [0.05, 0.1) is 5.56 Å². The number of alkyl halides is 3. The first-order chi connectivity index (χ1) is 8.50. The lowest BCUT2D eigenvalue weighted by molar-refractivity contribution is -0.137. The van der Waals surface area contributed by atoms with Gasteiger partial charge in [-0.05, 0) is 42.2 Å². The zero-order chi connectivity index (χ0) is 13.2. The summed E-state index contributed by atoms with van der Waals surface area (Å²) in [6, 6.07) is 12.8.